The maximum atomic E-state index is 9.13. The largest absolute Gasteiger partial charge is 0.495 e. The van der Waals surface area contributed by atoms with E-state index in [1.165, 1.54) is 11.1 Å². The number of ether oxygens (including phenoxy) is 1. The lowest BCUT2D eigenvalue weighted by Gasteiger charge is -2.20. The number of nitrogens with one attached hydrogen (secondary N) is 2. The normalized spacial score (nSPS) is 12.8. The van der Waals surface area contributed by atoms with E-state index in [-0.39, 0.29) is 0 Å². The van der Waals surface area contributed by atoms with Crippen molar-refractivity contribution < 1.29 is 4.74 Å². The number of aromatic nitrogens is 2. The van der Waals surface area contributed by atoms with E-state index >= 15 is 0 Å². The van der Waals surface area contributed by atoms with E-state index < -0.39 is 0 Å². The minimum absolute atomic E-state index is 0.521. The average Bonchev–Trinajstić information content (AvgIpc) is 2.83. The summed E-state index contributed by atoms with van der Waals surface area (Å²) in [4.78, 5) is 9.26. The molecule has 0 saturated heterocycles. The minimum atomic E-state index is 0.521. The molecule has 32 heavy (non-hydrogen) atoms. The second-order valence-corrected chi connectivity index (χ2v) is 7.98. The van der Waals surface area contributed by atoms with Gasteiger partial charge in [-0.3, -0.25) is 0 Å². The first-order valence-corrected chi connectivity index (χ1v) is 10.6. The number of benzene rings is 3. The quantitative estimate of drug-likeness (QED) is 0.489. The van der Waals surface area contributed by atoms with Gasteiger partial charge in [0.2, 0.25) is 5.95 Å². The highest BCUT2D eigenvalue weighted by Gasteiger charge is 2.15. The Balaban J connectivity index is 1.50. The van der Waals surface area contributed by atoms with Crippen LogP contribution in [0.2, 0.25) is 0 Å². The molecule has 158 valence electrons. The summed E-state index contributed by atoms with van der Waals surface area (Å²) >= 11 is 0. The van der Waals surface area contributed by atoms with Gasteiger partial charge in [0.1, 0.15) is 5.75 Å². The molecule has 6 nitrogen and oxygen atoms in total. The van der Waals surface area contributed by atoms with Gasteiger partial charge in [-0.25, -0.2) is 9.97 Å². The van der Waals surface area contributed by atoms with E-state index in [9.17, 15) is 0 Å². The van der Waals surface area contributed by atoms with Crippen LogP contribution in [0.4, 0.5) is 11.6 Å². The Bertz CT molecular complexity index is 1370. The fourth-order valence-corrected chi connectivity index (χ4v) is 4.21. The van der Waals surface area contributed by atoms with Gasteiger partial charge in [0.05, 0.1) is 29.9 Å². The first-order valence-electron chi connectivity index (χ1n) is 10.6. The number of methoxy groups -OCH3 is 1. The number of hydrogen-bond acceptors (Lipinski definition) is 6. The van der Waals surface area contributed by atoms with Gasteiger partial charge in [0.25, 0.3) is 0 Å². The Kier molecular flexibility index (Phi) is 5.18. The van der Waals surface area contributed by atoms with Crippen molar-refractivity contribution in [1.82, 2.24) is 15.3 Å². The van der Waals surface area contributed by atoms with Crippen LogP contribution in [0.5, 0.6) is 5.75 Å². The van der Waals surface area contributed by atoms with Crippen molar-refractivity contribution in [3.05, 3.63) is 77.0 Å². The monoisotopic (exact) mass is 421 g/mol. The van der Waals surface area contributed by atoms with Gasteiger partial charge in [0.15, 0.2) is 0 Å². The lowest BCUT2D eigenvalue weighted by atomic mass is 9.98. The minimum Gasteiger partial charge on any atom is -0.495 e. The molecule has 5 rings (SSSR count). The lowest BCUT2D eigenvalue weighted by Crippen LogP contribution is -2.23. The molecule has 0 spiro atoms. The zero-order valence-corrected chi connectivity index (χ0v) is 18.1. The van der Waals surface area contributed by atoms with Gasteiger partial charge in [-0.05, 0) is 78.0 Å². The molecule has 2 heterocycles. The summed E-state index contributed by atoms with van der Waals surface area (Å²) in [7, 11) is 1.68. The van der Waals surface area contributed by atoms with Crippen LogP contribution in [0.1, 0.15) is 22.3 Å². The summed E-state index contributed by atoms with van der Waals surface area (Å²) in [6.07, 6.45) is 2.82. The highest BCUT2D eigenvalue weighted by atomic mass is 16.5. The summed E-state index contributed by atoms with van der Waals surface area (Å²) in [5.74, 6) is 1.31. The van der Waals surface area contributed by atoms with E-state index in [4.69, 9.17) is 15.0 Å². The van der Waals surface area contributed by atoms with Crippen molar-refractivity contribution in [2.75, 3.05) is 19.0 Å². The van der Waals surface area contributed by atoms with Gasteiger partial charge in [0, 0.05) is 18.1 Å². The zero-order valence-electron chi connectivity index (χ0n) is 18.1. The lowest BCUT2D eigenvalue weighted by molar-refractivity contribution is 0.415. The predicted octanol–water partition coefficient (Wildman–Crippen LogP) is 4.87. The second-order valence-electron chi connectivity index (χ2n) is 7.98. The predicted molar refractivity (Wildman–Crippen MR) is 126 cm³/mol. The fraction of sp³-hybridized carbons (Fsp3) is 0.192. The Morgan fingerprint density at radius 2 is 2.00 bits per heavy atom. The first-order chi connectivity index (χ1) is 15.6. The van der Waals surface area contributed by atoms with Gasteiger partial charge in [-0.2, -0.15) is 5.26 Å². The third kappa shape index (κ3) is 3.75. The van der Waals surface area contributed by atoms with Crippen LogP contribution < -0.4 is 15.4 Å². The average molecular weight is 422 g/mol. The number of fused-ring (bicyclic) bond motifs is 2. The molecule has 0 amide bonds. The SMILES string of the molecule is COc1cc2c(cc1Nc1ncc3ccc(-c4ccc(C#N)cc4C)cc3n1)CNCC2. The highest BCUT2D eigenvalue weighted by Crippen LogP contribution is 2.32. The molecular formula is C26H23N5O. The van der Waals surface area contributed by atoms with Gasteiger partial charge < -0.3 is 15.4 Å². The summed E-state index contributed by atoms with van der Waals surface area (Å²) in [5, 5.41) is 16.8. The van der Waals surface area contributed by atoms with Crippen molar-refractivity contribution in [3.63, 3.8) is 0 Å². The summed E-state index contributed by atoms with van der Waals surface area (Å²) in [6, 6.07) is 18.3. The zero-order chi connectivity index (χ0) is 22.1. The molecule has 0 radical (unpaired) electrons. The number of rotatable bonds is 4. The van der Waals surface area contributed by atoms with Crippen molar-refractivity contribution >= 4 is 22.5 Å². The van der Waals surface area contributed by atoms with Crippen LogP contribution in [-0.4, -0.2) is 23.6 Å². The van der Waals surface area contributed by atoms with E-state index in [0.29, 0.717) is 11.5 Å². The Morgan fingerprint density at radius 1 is 1.09 bits per heavy atom. The molecule has 1 aliphatic rings. The molecule has 0 bridgehead atoms. The van der Waals surface area contributed by atoms with E-state index in [2.05, 4.69) is 46.0 Å². The molecule has 1 aliphatic heterocycles. The Labute approximate surface area is 186 Å². The fourth-order valence-electron chi connectivity index (χ4n) is 4.21. The summed E-state index contributed by atoms with van der Waals surface area (Å²) in [6.45, 7) is 3.85. The molecule has 1 aromatic heterocycles. The number of aryl methyl sites for hydroxylation is 1. The number of anilines is 2. The maximum Gasteiger partial charge on any atom is 0.227 e. The molecule has 4 aromatic rings. The van der Waals surface area contributed by atoms with Crippen molar-refractivity contribution in [2.24, 2.45) is 0 Å². The maximum absolute atomic E-state index is 9.13. The molecule has 0 atom stereocenters. The van der Waals surface area contributed by atoms with E-state index in [1.54, 1.807) is 7.11 Å². The van der Waals surface area contributed by atoms with E-state index in [1.807, 2.05) is 37.4 Å². The van der Waals surface area contributed by atoms with Crippen LogP contribution in [-0.2, 0) is 13.0 Å². The van der Waals surface area contributed by atoms with Crippen molar-refractivity contribution in [1.29, 1.82) is 5.26 Å². The van der Waals surface area contributed by atoms with Crippen molar-refractivity contribution in [2.45, 2.75) is 19.9 Å². The summed E-state index contributed by atoms with van der Waals surface area (Å²) < 4.78 is 5.62. The molecular weight excluding hydrogens is 398 g/mol. The third-order valence-corrected chi connectivity index (χ3v) is 5.90. The number of nitriles is 1. The third-order valence-electron chi connectivity index (χ3n) is 5.90. The Hall–Kier alpha value is -3.95. The van der Waals surface area contributed by atoms with Gasteiger partial charge in [-0.1, -0.05) is 18.2 Å². The molecule has 0 saturated carbocycles. The van der Waals surface area contributed by atoms with Crippen LogP contribution in [0.25, 0.3) is 22.0 Å². The molecule has 2 N–H and O–H groups in total. The second kappa shape index (κ2) is 8.29. The van der Waals surface area contributed by atoms with Gasteiger partial charge in [-0.15, -0.1) is 0 Å². The Morgan fingerprint density at radius 3 is 2.81 bits per heavy atom. The molecule has 0 unspecified atom stereocenters. The van der Waals surface area contributed by atoms with Crippen LogP contribution in [0.15, 0.2) is 54.7 Å². The standard InChI is InChI=1S/C26H23N5O/c1-16-9-17(13-27)3-6-22(16)19-4-5-20-15-29-26(30-23(20)10-19)31-24-11-21-14-28-8-7-18(21)12-25(24)32-2/h3-6,9-12,15,28H,7-8,14H2,1-2H3,(H,29,30,31). The highest BCUT2D eigenvalue weighted by molar-refractivity contribution is 5.85. The van der Waals surface area contributed by atoms with Gasteiger partial charge >= 0.3 is 0 Å². The molecule has 6 heteroatoms. The molecule has 3 aromatic carbocycles. The first kappa shape index (κ1) is 20.0. The smallest absolute Gasteiger partial charge is 0.227 e. The van der Waals surface area contributed by atoms with Crippen LogP contribution in [0.3, 0.4) is 0 Å². The summed E-state index contributed by atoms with van der Waals surface area (Å²) in [5.41, 5.74) is 8.14. The number of hydrogen-bond donors (Lipinski definition) is 2. The van der Waals surface area contributed by atoms with Crippen LogP contribution >= 0.6 is 0 Å². The molecule has 0 fully saturated rings. The topological polar surface area (TPSA) is 82.9 Å². The number of nitrogens with zero attached hydrogens (tertiary/aromatic N) is 3. The molecule has 0 aliphatic carbocycles. The van der Waals surface area contributed by atoms with Crippen molar-refractivity contribution in [3.8, 4) is 22.9 Å². The van der Waals surface area contributed by atoms with E-state index in [0.717, 1.165) is 58.5 Å². The van der Waals surface area contributed by atoms with Crippen LogP contribution in [0, 0.1) is 18.3 Å².